The van der Waals surface area contributed by atoms with E-state index in [4.69, 9.17) is 9.84 Å². The molecule has 1 aliphatic carbocycles. The summed E-state index contributed by atoms with van der Waals surface area (Å²) in [7, 11) is 1.47. The van der Waals surface area contributed by atoms with Crippen molar-refractivity contribution < 1.29 is 24.2 Å². The second kappa shape index (κ2) is 9.42. The average molecular weight is 439 g/mol. The minimum absolute atomic E-state index is 0.0164. The van der Waals surface area contributed by atoms with E-state index in [0.29, 0.717) is 6.42 Å². The maximum Gasteiger partial charge on any atom is 0.407 e. The van der Waals surface area contributed by atoms with Crippen molar-refractivity contribution in [2.45, 2.75) is 39.2 Å². The molecule has 0 spiro atoms. The number of nitrogens with one attached hydrogen (secondary N) is 1. The van der Waals surface area contributed by atoms with Gasteiger partial charge in [-0.25, -0.2) is 9.59 Å². The van der Waals surface area contributed by atoms with Gasteiger partial charge in [0.1, 0.15) is 12.6 Å². The van der Waals surface area contributed by atoms with Crippen LogP contribution in [-0.2, 0) is 14.3 Å². The lowest BCUT2D eigenvalue weighted by Crippen LogP contribution is -2.47. The van der Waals surface area contributed by atoms with Crippen LogP contribution in [0.2, 0.25) is 0 Å². The van der Waals surface area contributed by atoms with E-state index in [0.717, 1.165) is 22.3 Å². The van der Waals surface area contributed by atoms with Crippen LogP contribution in [0, 0.1) is 5.41 Å². The van der Waals surface area contributed by atoms with Crippen LogP contribution in [0.1, 0.15) is 44.2 Å². The number of rotatable bonds is 8. The van der Waals surface area contributed by atoms with Crippen LogP contribution in [0.25, 0.3) is 11.1 Å². The molecule has 2 aromatic carbocycles. The van der Waals surface area contributed by atoms with Crippen molar-refractivity contribution in [1.82, 2.24) is 10.2 Å². The van der Waals surface area contributed by atoms with Gasteiger partial charge in [-0.2, -0.15) is 0 Å². The van der Waals surface area contributed by atoms with Crippen molar-refractivity contribution in [3.63, 3.8) is 0 Å². The minimum Gasteiger partial charge on any atom is -0.480 e. The van der Waals surface area contributed by atoms with Crippen molar-refractivity contribution in [3.8, 4) is 11.1 Å². The number of hydrogen-bond donors (Lipinski definition) is 2. The molecule has 0 aromatic heterocycles. The fraction of sp³-hybridized carbons (Fsp3) is 0.400. The highest BCUT2D eigenvalue weighted by atomic mass is 16.5. The lowest BCUT2D eigenvalue weighted by Gasteiger charge is -2.31. The summed E-state index contributed by atoms with van der Waals surface area (Å²) in [6.07, 6.45) is -0.186. The number of amides is 2. The zero-order valence-corrected chi connectivity index (χ0v) is 18.9. The van der Waals surface area contributed by atoms with Crippen molar-refractivity contribution in [1.29, 1.82) is 0 Å². The van der Waals surface area contributed by atoms with E-state index in [9.17, 15) is 14.4 Å². The quantitative estimate of drug-likeness (QED) is 0.652. The van der Waals surface area contributed by atoms with Gasteiger partial charge in [0, 0.05) is 24.9 Å². The predicted octanol–water partition coefficient (Wildman–Crippen LogP) is 3.87. The molecule has 1 atom stereocenters. The number of alkyl carbamates (subject to hydrolysis) is 1. The van der Waals surface area contributed by atoms with E-state index < -0.39 is 23.5 Å². The third kappa shape index (κ3) is 4.77. The zero-order valence-electron chi connectivity index (χ0n) is 18.9. The average Bonchev–Trinajstić information content (AvgIpc) is 3.09. The standard InChI is InChI=1S/C25H30N2O5/c1-16(22(28)29)27(4)23(30)25(2,3)13-14-26-24(31)32-15-21-19-11-7-5-9-17(19)18-10-6-8-12-20(18)21/h5-12,16,21H,13-15H2,1-4H3,(H,26,31)(H,28,29). The highest BCUT2D eigenvalue weighted by molar-refractivity contribution is 5.86. The minimum atomic E-state index is -1.06. The number of carboxylic acid groups (broad SMARTS) is 1. The van der Waals surface area contributed by atoms with Gasteiger partial charge in [0.05, 0.1) is 0 Å². The summed E-state index contributed by atoms with van der Waals surface area (Å²) in [5.41, 5.74) is 3.79. The molecule has 0 bridgehead atoms. The number of fused-ring (bicyclic) bond motifs is 3. The number of ether oxygens (including phenoxy) is 1. The number of aliphatic carboxylic acids is 1. The molecular weight excluding hydrogens is 408 g/mol. The Hall–Kier alpha value is -3.35. The van der Waals surface area contributed by atoms with Gasteiger partial charge in [0.15, 0.2) is 0 Å². The largest absolute Gasteiger partial charge is 0.480 e. The Balaban J connectivity index is 1.53. The molecule has 1 aliphatic rings. The number of carbonyl (C=O) groups excluding carboxylic acids is 2. The number of benzene rings is 2. The first-order valence-corrected chi connectivity index (χ1v) is 10.7. The molecule has 7 heteroatoms. The van der Waals surface area contributed by atoms with E-state index in [-0.39, 0.29) is 25.0 Å². The summed E-state index contributed by atoms with van der Waals surface area (Å²) in [5, 5.41) is 11.8. The second-order valence-corrected chi connectivity index (χ2v) is 8.82. The molecule has 0 fully saturated rings. The van der Waals surface area contributed by atoms with Crippen LogP contribution in [0.4, 0.5) is 4.79 Å². The SMILES string of the molecule is CC(C(=O)O)N(C)C(=O)C(C)(C)CCNC(=O)OCC1c2ccccc2-c2ccccc21. The molecule has 2 aromatic rings. The fourth-order valence-electron chi connectivity index (χ4n) is 4.05. The first kappa shape index (κ1) is 23.3. The Morgan fingerprint density at radius 3 is 2.12 bits per heavy atom. The molecular formula is C25H30N2O5. The van der Waals surface area contributed by atoms with Crippen molar-refractivity contribution in [2.24, 2.45) is 5.41 Å². The Morgan fingerprint density at radius 2 is 1.59 bits per heavy atom. The normalized spacial score (nSPS) is 13.6. The first-order valence-electron chi connectivity index (χ1n) is 10.7. The van der Waals surface area contributed by atoms with Gasteiger partial charge in [0.2, 0.25) is 5.91 Å². The second-order valence-electron chi connectivity index (χ2n) is 8.82. The molecule has 2 N–H and O–H groups in total. The maximum atomic E-state index is 12.6. The Labute approximate surface area is 188 Å². The number of carbonyl (C=O) groups is 3. The smallest absolute Gasteiger partial charge is 0.407 e. The monoisotopic (exact) mass is 438 g/mol. The van der Waals surface area contributed by atoms with Crippen molar-refractivity contribution in [2.75, 3.05) is 20.2 Å². The lowest BCUT2D eigenvalue weighted by molar-refractivity contribution is -0.152. The summed E-state index contributed by atoms with van der Waals surface area (Å²) in [6, 6.07) is 15.3. The molecule has 170 valence electrons. The molecule has 0 radical (unpaired) electrons. The van der Waals surface area contributed by atoms with Gasteiger partial charge in [0.25, 0.3) is 0 Å². The number of nitrogens with zero attached hydrogens (tertiary/aromatic N) is 1. The molecule has 2 amide bonds. The molecule has 1 unspecified atom stereocenters. The number of carboxylic acids is 1. The zero-order chi connectivity index (χ0) is 23.5. The molecule has 32 heavy (non-hydrogen) atoms. The molecule has 0 saturated heterocycles. The van der Waals surface area contributed by atoms with E-state index in [2.05, 4.69) is 29.6 Å². The van der Waals surface area contributed by atoms with Gasteiger partial charge in [-0.15, -0.1) is 0 Å². The molecule has 3 rings (SSSR count). The van der Waals surface area contributed by atoms with Gasteiger partial charge in [-0.3, -0.25) is 4.79 Å². The van der Waals surface area contributed by atoms with Crippen molar-refractivity contribution >= 4 is 18.0 Å². The van der Waals surface area contributed by atoms with E-state index in [1.54, 1.807) is 13.8 Å². The summed E-state index contributed by atoms with van der Waals surface area (Å²) < 4.78 is 5.51. The highest BCUT2D eigenvalue weighted by Crippen LogP contribution is 2.44. The Kier molecular flexibility index (Phi) is 6.87. The summed E-state index contributed by atoms with van der Waals surface area (Å²) in [5.74, 6) is -1.37. The van der Waals surface area contributed by atoms with Crippen LogP contribution in [0.15, 0.2) is 48.5 Å². The topological polar surface area (TPSA) is 95.9 Å². The third-order valence-corrected chi connectivity index (χ3v) is 6.20. The summed E-state index contributed by atoms with van der Waals surface area (Å²) >= 11 is 0. The van der Waals surface area contributed by atoms with Crippen molar-refractivity contribution in [3.05, 3.63) is 59.7 Å². The fourth-order valence-corrected chi connectivity index (χ4v) is 4.05. The number of likely N-dealkylation sites (N-methyl/N-ethyl adjacent to an activating group) is 1. The highest BCUT2D eigenvalue weighted by Gasteiger charge is 2.34. The summed E-state index contributed by atoms with van der Waals surface area (Å²) in [4.78, 5) is 37.3. The van der Waals surface area contributed by atoms with E-state index in [1.807, 2.05) is 24.3 Å². The Morgan fingerprint density at radius 1 is 1.06 bits per heavy atom. The molecule has 0 heterocycles. The van der Waals surface area contributed by atoms with Crippen LogP contribution < -0.4 is 5.32 Å². The van der Waals surface area contributed by atoms with Crippen LogP contribution >= 0.6 is 0 Å². The van der Waals surface area contributed by atoms with E-state index >= 15 is 0 Å². The third-order valence-electron chi connectivity index (χ3n) is 6.20. The van der Waals surface area contributed by atoms with Gasteiger partial charge in [-0.05, 0) is 35.6 Å². The maximum absolute atomic E-state index is 12.6. The van der Waals surface area contributed by atoms with Crippen LogP contribution in [0.5, 0.6) is 0 Å². The lowest BCUT2D eigenvalue weighted by atomic mass is 9.87. The molecule has 0 aliphatic heterocycles. The summed E-state index contributed by atoms with van der Waals surface area (Å²) in [6.45, 7) is 5.40. The molecule has 0 saturated carbocycles. The van der Waals surface area contributed by atoms with Gasteiger partial charge >= 0.3 is 12.1 Å². The molecule has 7 nitrogen and oxygen atoms in total. The number of hydrogen-bond acceptors (Lipinski definition) is 4. The predicted molar refractivity (Wildman–Crippen MR) is 121 cm³/mol. The van der Waals surface area contributed by atoms with Crippen LogP contribution in [0.3, 0.4) is 0 Å². The van der Waals surface area contributed by atoms with Gasteiger partial charge < -0.3 is 20.1 Å². The van der Waals surface area contributed by atoms with E-state index in [1.165, 1.54) is 18.9 Å². The first-order chi connectivity index (χ1) is 15.1. The Bertz CT molecular complexity index is 971. The van der Waals surface area contributed by atoms with Gasteiger partial charge in [-0.1, -0.05) is 62.4 Å². The van der Waals surface area contributed by atoms with Crippen LogP contribution in [-0.4, -0.2) is 54.2 Å².